The van der Waals surface area contributed by atoms with Crippen molar-refractivity contribution in [2.75, 3.05) is 0 Å². The minimum Gasteiger partial charge on any atom is -0.459 e. The normalized spacial score (nSPS) is 35.1. The van der Waals surface area contributed by atoms with Crippen LogP contribution in [0.3, 0.4) is 0 Å². The Bertz CT molecular complexity index is 1380. The first kappa shape index (κ1) is 34.7. The van der Waals surface area contributed by atoms with Gasteiger partial charge in [0.15, 0.2) is 29.5 Å². The number of allylic oxidation sites excluding steroid dienone is 3. The van der Waals surface area contributed by atoms with Gasteiger partial charge in [0.1, 0.15) is 11.7 Å². The third kappa shape index (κ3) is 5.84. The predicted molar refractivity (Wildman–Crippen MR) is 154 cm³/mol. The van der Waals surface area contributed by atoms with Gasteiger partial charge in [-0.3, -0.25) is 4.79 Å². The molecule has 3 aliphatic rings. The number of carbonyl (C=O) groups is 5. The zero-order valence-corrected chi connectivity index (χ0v) is 26.8. The fourth-order valence-corrected chi connectivity index (χ4v) is 6.14. The third-order valence-electron chi connectivity index (χ3n) is 8.70. The zero-order valence-electron chi connectivity index (χ0n) is 26.8. The van der Waals surface area contributed by atoms with Crippen molar-refractivity contribution in [3.63, 3.8) is 0 Å². The molecule has 0 aromatic carbocycles. The lowest BCUT2D eigenvalue weighted by atomic mass is 9.75. The number of aliphatic hydroxyl groups is 2. The molecule has 0 aromatic rings. The molecule has 2 aliphatic carbocycles. The Morgan fingerprint density at radius 2 is 1.45 bits per heavy atom. The topological polar surface area (TPSA) is 172 Å². The van der Waals surface area contributed by atoms with E-state index in [9.17, 15) is 34.2 Å². The Morgan fingerprint density at radius 3 is 1.95 bits per heavy atom. The van der Waals surface area contributed by atoms with Crippen molar-refractivity contribution in [2.24, 2.45) is 5.92 Å². The van der Waals surface area contributed by atoms with Crippen molar-refractivity contribution in [1.82, 2.24) is 0 Å². The quantitative estimate of drug-likeness (QED) is 0.185. The SMILES string of the molecule is C/C=C(/C)C(=O)O[C@H]1[C@H](OC(=O)/C(C)=C\C)C(C)=C2[C@H]3OC(=O)[C@](C)(O)[C@@]3(O)[C@@H](OC(=O)C=C(C)C)C[C@@](C)(OC(C)=O)[C@@H]21. The number of rotatable bonds is 7. The van der Waals surface area contributed by atoms with Gasteiger partial charge in [-0.25, -0.2) is 19.2 Å². The lowest BCUT2D eigenvalue weighted by Gasteiger charge is -2.41. The first-order chi connectivity index (χ1) is 20.3. The van der Waals surface area contributed by atoms with Gasteiger partial charge < -0.3 is 33.9 Å². The van der Waals surface area contributed by atoms with E-state index in [1.54, 1.807) is 27.7 Å². The van der Waals surface area contributed by atoms with E-state index in [4.69, 9.17) is 23.7 Å². The molecule has 0 unspecified atom stereocenters. The molecule has 0 spiro atoms. The molecule has 1 heterocycles. The van der Waals surface area contributed by atoms with Crippen LogP contribution in [0.4, 0.5) is 0 Å². The van der Waals surface area contributed by atoms with Crippen molar-refractivity contribution in [2.45, 2.75) is 117 Å². The van der Waals surface area contributed by atoms with Crippen molar-refractivity contribution in [1.29, 1.82) is 0 Å². The van der Waals surface area contributed by atoms with Gasteiger partial charge in [0.25, 0.3) is 0 Å². The van der Waals surface area contributed by atoms with Crippen LogP contribution in [0.2, 0.25) is 0 Å². The molecule has 1 saturated heterocycles. The van der Waals surface area contributed by atoms with Gasteiger partial charge in [-0.05, 0) is 73.5 Å². The van der Waals surface area contributed by atoms with Gasteiger partial charge in [0.05, 0.1) is 5.92 Å². The number of hydrogen-bond donors (Lipinski definition) is 2. The van der Waals surface area contributed by atoms with Crippen LogP contribution in [0, 0.1) is 5.92 Å². The van der Waals surface area contributed by atoms with Crippen molar-refractivity contribution in [3.05, 3.63) is 46.1 Å². The number of esters is 5. The monoisotopic (exact) mass is 618 g/mol. The minimum absolute atomic E-state index is 0.0926. The lowest BCUT2D eigenvalue weighted by Crippen LogP contribution is -2.64. The Labute approximate surface area is 256 Å². The van der Waals surface area contributed by atoms with Crippen LogP contribution < -0.4 is 0 Å². The van der Waals surface area contributed by atoms with E-state index in [1.165, 1.54) is 39.8 Å². The summed E-state index contributed by atoms with van der Waals surface area (Å²) < 4.78 is 29.0. The van der Waals surface area contributed by atoms with Gasteiger partial charge in [-0.2, -0.15) is 0 Å². The van der Waals surface area contributed by atoms with Crippen molar-refractivity contribution < 1.29 is 57.9 Å². The molecule has 1 aliphatic heterocycles. The molecule has 0 bridgehead atoms. The molecule has 3 rings (SSSR count). The van der Waals surface area contributed by atoms with E-state index in [1.807, 2.05) is 0 Å². The van der Waals surface area contributed by atoms with E-state index in [0.717, 1.165) is 19.9 Å². The summed E-state index contributed by atoms with van der Waals surface area (Å²) in [5, 5.41) is 23.8. The first-order valence-electron chi connectivity index (χ1n) is 14.4. The molecule has 8 atom stereocenters. The Hall–Kier alpha value is -3.77. The van der Waals surface area contributed by atoms with Crippen LogP contribution in [-0.2, 0) is 47.7 Å². The second kappa shape index (κ2) is 12.3. The highest BCUT2D eigenvalue weighted by Gasteiger charge is 2.76. The predicted octanol–water partition coefficient (Wildman–Crippen LogP) is 2.70. The molecule has 0 aromatic heterocycles. The zero-order chi connectivity index (χ0) is 33.5. The van der Waals surface area contributed by atoms with Crippen molar-refractivity contribution in [3.8, 4) is 0 Å². The smallest absolute Gasteiger partial charge is 0.341 e. The van der Waals surface area contributed by atoms with Crippen LogP contribution in [0.15, 0.2) is 46.1 Å². The van der Waals surface area contributed by atoms with Crippen LogP contribution in [0.25, 0.3) is 0 Å². The van der Waals surface area contributed by atoms with E-state index in [0.29, 0.717) is 5.57 Å². The summed E-state index contributed by atoms with van der Waals surface area (Å²) >= 11 is 0. The number of hydrogen-bond acceptors (Lipinski definition) is 12. The molecule has 242 valence electrons. The number of carbonyl (C=O) groups excluding carboxylic acids is 5. The van der Waals surface area contributed by atoms with Crippen LogP contribution in [0.5, 0.6) is 0 Å². The number of fused-ring (bicyclic) bond motifs is 3. The fraction of sp³-hybridized carbons (Fsp3) is 0.594. The Morgan fingerprint density at radius 1 is 0.909 bits per heavy atom. The molecule has 0 radical (unpaired) electrons. The standard InChI is InChI=1S/C32H42O12/c1-11-16(5)27(35)41-24-18(7)22-23(25(24)42-28(36)17(6)12-2)30(9,44-19(8)33)14-20(40-21(34)13-15(3)4)32(39)26(22)43-29(37)31(32,10)38/h11-13,20,23-26,38-39H,14H2,1-10H3/b16-11-,17-12-/t20-,23-,24+,25+,26+,30+,31-,32+/m0/s1. The summed E-state index contributed by atoms with van der Waals surface area (Å²) in [6, 6.07) is 0. The molecule has 44 heavy (non-hydrogen) atoms. The van der Waals surface area contributed by atoms with Gasteiger partial charge >= 0.3 is 29.8 Å². The number of ether oxygens (including phenoxy) is 5. The van der Waals surface area contributed by atoms with Crippen LogP contribution >= 0.6 is 0 Å². The largest absolute Gasteiger partial charge is 0.459 e. The maximum absolute atomic E-state index is 13.2. The maximum Gasteiger partial charge on any atom is 0.341 e. The molecule has 0 amide bonds. The third-order valence-corrected chi connectivity index (χ3v) is 8.70. The highest BCUT2D eigenvalue weighted by Crippen LogP contribution is 2.57. The summed E-state index contributed by atoms with van der Waals surface area (Å²) in [7, 11) is 0. The van der Waals surface area contributed by atoms with E-state index < -0.39 is 83.4 Å². The lowest BCUT2D eigenvalue weighted by molar-refractivity contribution is -0.209. The first-order valence-corrected chi connectivity index (χ1v) is 14.4. The second-order valence-corrected chi connectivity index (χ2v) is 12.2. The summed E-state index contributed by atoms with van der Waals surface area (Å²) in [6.07, 6.45) is -2.25. The highest BCUT2D eigenvalue weighted by molar-refractivity contribution is 5.89. The average Bonchev–Trinajstić information content (AvgIpc) is 3.25. The van der Waals surface area contributed by atoms with Gasteiger partial charge in [0, 0.05) is 30.6 Å². The second-order valence-electron chi connectivity index (χ2n) is 12.2. The van der Waals surface area contributed by atoms with Crippen LogP contribution in [0.1, 0.15) is 75.7 Å². The van der Waals surface area contributed by atoms with Crippen molar-refractivity contribution >= 4 is 29.8 Å². The summed E-state index contributed by atoms with van der Waals surface area (Å²) in [4.78, 5) is 64.8. The molecular formula is C32H42O12. The summed E-state index contributed by atoms with van der Waals surface area (Å²) in [5.41, 5.74) is -5.58. The molecule has 2 fully saturated rings. The molecule has 1 saturated carbocycles. The summed E-state index contributed by atoms with van der Waals surface area (Å²) in [5.74, 6) is -5.55. The Balaban J connectivity index is 2.38. The van der Waals surface area contributed by atoms with Crippen LogP contribution in [-0.4, -0.2) is 81.3 Å². The fourth-order valence-electron chi connectivity index (χ4n) is 6.14. The van der Waals surface area contributed by atoms with E-state index in [2.05, 4.69) is 0 Å². The van der Waals surface area contributed by atoms with Gasteiger partial charge in [-0.15, -0.1) is 0 Å². The van der Waals surface area contributed by atoms with Gasteiger partial charge in [-0.1, -0.05) is 17.7 Å². The minimum atomic E-state index is -2.62. The van der Waals surface area contributed by atoms with E-state index >= 15 is 0 Å². The average molecular weight is 619 g/mol. The van der Waals surface area contributed by atoms with Gasteiger partial charge in [0.2, 0.25) is 0 Å². The highest BCUT2D eigenvalue weighted by atomic mass is 16.6. The molecule has 2 N–H and O–H groups in total. The summed E-state index contributed by atoms with van der Waals surface area (Å²) in [6.45, 7) is 14.8. The molecule has 12 heteroatoms. The van der Waals surface area contributed by atoms with E-state index in [-0.39, 0.29) is 22.3 Å². The molecular weight excluding hydrogens is 576 g/mol. The maximum atomic E-state index is 13.2. The molecule has 12 nitrogen and oxygen atoms in total. The Kier molecular flexibility index (Phi) is 9.72.